The van der Waals surface area contributed by atoms with Crippen LogP contribution in [0.4, 0.5) is 0 Å². The molecular weight excluding hydrogens is 302 g/mol. The SMILES string of the molecule is O=C(Cc1ccccc1O)NCc1cc(Cl)cc2c1OCC2. The van der Waals surface area contributed by atoms with E-state index in [-0.39, 0.29) is 18.1 Å². The fourth-order valence-electron chi connectivity index (χ4n) is 2.57. The molecule has 0 bridgehead atoms. The molecule has 0 saturated carbocycles. The van der Waals surface area contributed by atoms with Crippen LogP contribution in [0.3, 0.4) is 0 Å². The van der Waals surface area contributed by atoms with Crippen LogP contribution in [0.5, 0.6) is 11.5 Å². The molecule has 0 aromatic heterocycles. The van der Waals surface area contributed by atoms with E-state index in [9.17, 15) is 9.90 Å². The quantitative estimate of drug-likeness (QED) is 0.911. The van der Waals surface area contributed by atoms with Crippen LogP contribution in [0.15, 0.2) is 36.4 Å². The van der Waals surface area contributed by atoms with Crippen molar-refractivity contribution in [1.29, 1.82) is 0 Å². The van der Waals surface area contributed by atoms with E-state index >= 15 is 0 Å². The lowest BCUT2D eigenvalue weighted by atomic mass is 10.1. The lowest BCUT2D eigenvalue weighted by Crippen LogP contribution is -2.24. The number of aromatic hydroxyl groups is 1. The van der Waals surface area contributed by atoms with E-state index in [2.05, 4.69) is 5.32 Å². The molecule has 1 amide bonds. The largest absolute Gasteiger partial charge is 0.508 e. The number of hydrogen-bond donors (Lipinski definition) is 2. The lowest BCUT2D eigenvalue weighted by molar-refractivity contribution is -0.120. The minimum atomic E-state index is -0.159. The molecule has 2 aromatic rings. The number of halogens is 1. The van der Waals surface area contributed by atoms with Crippen LogP contribution in [0.1, 0.15) is 16.7 Å². The van der Waals surface area contributed by atoms with E-state index in [4.69, 9.17) is 16.3 Å². The highest BCUT2D eigenvalue weighted by Gasteiger charge is 2.18. The third-order valence-electron chi connectivity index (χ3n) is 3.64. The molecule has 2 aromatic carbocycles. The summed E-state index contributed by atoms with van der Waals surface area (Å²) in [5.74, 6) is 0.796. The van der Waals surface area contributed by atoms with E-state index in [0.717, 1.165) is 23.3 Å². The van der Waals surface area contributed by atoms with Crippen molar-refractivity contribution in [3.63, 3.8) is 0 Å². The Morgan fingerprint density at radius 2 is 2.09 bits per heavy atom. The maximum atomic E-state index is 12.0. The van der Waals surface area contributed by atoms with Gasteiger partial charge < -0.3 is 15.2 Å². The van der Waals surface area contributed by atoms with Gasteiger partial charge in [0.25, 0.3) is 0 Å². The molecule has 22 heavy (non-hydrogen) atoms. The Morgan fingerprint density at radius 3 is 2.91 bits per heavy atom. The number of hydrogen-bond acceptors (Lipinski definition) is 3. The zero-order valence-corrected chi connectivity index (χ0v) is 12.7. The summed E-state index contributed by atoms with van der Waals surface area (Å²) in [5.41, 5.74) is 2.57. The Kier molecular flexibility index (Phi) is 4.20. The van der Waals surface area contributed by atoms with Gasteiger partial charge >= 0.3 is 0 Å². The maximum absolute atomic E-state index is 12.0. The molecule has 4 nitrogen and oxygen atoms in total. The third kappa shape index (κ3) is 3.17. The second kappa shape index (κ2) is 6.28. The highest BCUT2D eigenvalue weighted by Crippen LogP contribution is 2.32. The van der Waals surface area contributed by atoms with Crippen molar-refractivity contribution in [1.82, 2.24) is 5.32 Å². The van der Waals surface area contributed by atoms with Crippen molar-refractivity contribution in [2.45, 2.75) is 19.4 Å². The summed E-state index contributed by atoms with van der Waals surface area (Å²) in [6.45, 7) is 1.00. The number of fused-ring (bicyclic) bond motifs is 1. The highest BCUT2D eigenvalue weighted by atomic mass is 35.5. The van der Waals surface area contributed by atoms with Crippen LogP contribution >= 0.6 is 11.6 Å². The maximum Gasteiger partial charge on any atom is 0.224 e. The average molecular weight is 318 g/mol. The van der Waals surface area contributed by atoms with Gasteiger partial charge in [0.2, 0.25) is 5.91 Å². The minimum Gasteiger partial charge on any atom is -0.508 e. The molecule has 0 unspecified atom stereocenters. The van der Waals surface area contributed by atoms with E-state index in [1.807, 2.05) is 12.1 Å². The third-order valence-corrected chi connectivity index (χ3v) is 3.86. The number of amides is 1. The van der Waals surface area contributed by atoms with Gasteiger partial charge in [0.1, 0.15) is 11.5 Å². The van der Waals surface area contributed by atoms with Crippen molar-refractivity contribution >= 4 is 17.5 Å². The smallest absolute Gasteiger partial charge is 0.224 e. The number of ether oxygens (including phenoxy) is 1. The van der Waals surface area contributed by atoms with Crippen LogP contribution in [-0.4, -0.2) is 17.6 Å². The first-order valence-corrected chi connectivity index (χ1v) is 7.49. The second-order valence-electron chi connectivity index (χ2n) is 5.23. The molecule has 114 valence electrons. The van der Waals surface area contributed by atoms with Gasteiger partial charge in [0.05, 0.1) is 13.0 Å². The van der Waals surface area contributed by atoms with Crippen LogP contribution in [0.2, 0.25) is 5.02 Å². The van der Waals surface area contributed by atoms with Crippen LogP contribution in [0.25, 0.3) is 0 Å². The molecule has 0 spiro atoms. The average Bonchev–Trinajstić information content (AvgIpc) is 2.95. The number of benzene rings is 2. The molecule has 0 aliphatic carbocycles. The molecular formula is C17H16ClNO3. The first kappa shape index (κ1) is 14.7. The molecule has 5 heteroatoms. The summed E-state index contributed by atoms with van der Waals surface area (Å²) in [4.78, 5) is 12.0. The summed E-state index contributed by atoms with van der Waals surface area (Å²) in [5, 5.41) is 13.2. The van der Waals surface area contributed by atoms with Crippen LogP contribution in [0, 0.1) is 0 Å². The number of phenols is 1. The van der Waals surface area contributed by atoms with Crippen molar-refractivity contribution < 1.29 is 14.6 Å². The van der Waals surface area contributed by atoms with Gasteiger partial charge in [-0.25, -0.2) is 0 Å². The molecule has 0 saturated heterocycles. The summed E-state index contributed by atoms with van der Waals surface area (Å²) >= 11 is 6.09. The van der Waals surface area contributed by atoms with Crippen molar-refractivity contribution in [3.8, 4) is 11.5 Å². The fourth-order valence-corrected chi connectivity index (χ4v) is 2.83. The fraction of sp³-hybridized carbons (Fsp3) is 0.235. The van der Waals surface area contributed by atoms with Gasteiger partial charge in [-0.05, 0) is 23.8 Å². The number of carbonyl (C=O) groups is 1. The van der Waals surface area contributed by atoms with Crippen molar-refractivity contribution in [3.05, 3.63) is 58.1 Å². The first-order valence-electron chi connectivity index (χ1n) is 7.11. The molecule has 0 fully saturated rings. The molecule has 0 atom stereocenters. The number of para-hydroxylation sites is 1. The zero-order chi connectivity index (χ0) is 15.5. The van der Waals surface area contributed by atoms with E-state index in [1.54, 1.807) is 24.3 Å². The van der Waals surface area contributed by atoms with E-state index in [0.29, 0.717) is 23.7 Å². The molecule has 1 aliphatic heterocycles. The number of rotatable bonds is 4. The Morgan fingerprint density at radius 1 is 1.27 bits per heavy atom. The normalized spacial score (nSPS) is 12.6. The van der Waals surface area contributed by atoms with E-state index in [1.165, 1.54) is 0 Å². The van der Waals surface area contributed by atoms with E-state index < -0.39 is 0 Å². The summed E-state index contributed by atoms with van der Waals surface area (Å²) in [6, 6.07) is 10.5. The van der Waals surface area contributed by atoms with Crippen molar-refractivity contribution in [2.75, 3.05) is 6.61 Å². The minimum absolute atomic E-state index is 0.129. The second-order valence-corrected chi connectivity index (χ2v) is 5.67. The molecule has 1 heterocycles. The Hall–Kier alpha value is -2.20. The highest BCUT2D eigenvalue weighted by molar-refractivity contribution is 6.30. The van der Waals surface area contributed by atoms with Gasteiger partial charge in [0, 0.05) is 29.1 Å². The van der Waals surface area contributed by atoms with Gasteiger partial charge in [-0.2, -0.15) is 0 Å². The predicted octanol–water partition coefficient (Wildman–Crippen LogP) is 2.84. The van der Waals surface area contributed by atoms with Gasteiger partial charge in [-0.1, -0.05) is 29.8 Å². The van der Waals surface area contributed by atoms with Gasteiger partial charge in [0.15, 0.2) is 0 Å². The van der Waals surface area contributed by atoms with Gasteiger partial charge in [-0.15, -0.1) is 0 Å². The topological polar surface area (TPSA) is 58.6 Å². The molecule has 1 aliphatic rings. The predicted molar refractivity (Wildman–Crippen MR) is 84.3 cm³/mol. The first-order chi connectivity index (χ1) is 10.6. The Labute approximate surface area is 133 Å². The molecule has 3 rings (SSSR count). The number of nitrogens with one attached hydrogen (secondary N) is 1. The van der Waals surface area contributed by atoms with Crippen molar-refractivity contribution in [2.24, 2.45) is 0 Å². The summed E-state index contributed by atoms with van der Waals surface area (Å²) in [7, 11) is 0. The lowest BCUT2D eigenvalue weighted by Gasteiger charge is -2.11. The Balaban J connectivity index is 1.66. The standard InChI is InChI=1S/C17H16ClNO3/c18-14-7-12-5-6-22-17(12)13(8-14)10-19-16(21)9-11-3-1-2-4-15(11)20/h1-4,7-8,20H,5-6,9-10H2,(H,19,21). The molecule has 2 N–H and O–H groups in total. The molecule has 0 radical (unpaired) electrons. The monoisotopic (exact) mass is 317 g/mol. The van der Waals surface area contributed by atoms with Crippen LogP contribution < -0.4 is 10.1 Å². The summed E-state index contributed by atoms with van der Waals surface area (Å²) in [6.07, 6.45) is 0.977. The Bertz CT molecular complexity index is 715. The number of carbonyl (C=O) groups excluding carboxylic acids is 1. The number of phenolic OH excluding ortho intramolecular Hbond substituents is 1. The van der Waals surface area contributed by atoms with Gasteiger partial charge in [-0.3, -0.25) is 4.79 Å². The summed E-state index contributed by atoms with van der Waals surface area (Å²) < 4.78 is 5.60. The van der Waals surface area contributed by atoms with Crippen LogP contribution in [-0.2, 0) is 24.2 Å². The zero-order valence-electron chi connectivity index (χ0n) is 11.9.